The number of amides is 3. The third kappa shape index (κ3) is 4.31. The number of hydrogen-bond donors (Lipinski definition) is 2. The number of primary amides is 1. The van der Waals surface area contributed by atoms with Gasteiger partial charge in [-0.1, -0.05) is 12.1 Å². The van der Waals surface area contributed by atoms with Gasteiger partial charge in [-0.15, -0.1) is 11.8 Å². The van der Waals surface area contributed by atoms with E-state index >= 15 is 0 Å². The van der Waals surface area contributed by atoms with Gasteiger partial charge in [0, 0.05) is 17.1 Å². The highest BCUT2D eigenvalue weighted by Crippen LogP contribution is 2.21. The van der Waals surface area contributed by atoms with Crippen LogP contribution in [0.1, 0.15) is 6.42 Å². The Bertz CT molecular complexity index is 398. The average molecular weight is 242 g/mol. The van der Waals surface area contributed by atoms with Crippen LogP contribution in [0.4, 0.5) is 9.18 Å². The molecule has 4 nitrogen and oxygen atoms in total. The molecule has 0 aromatic heterocycles. The third-order valence-electron chi connectivity index (χ3n) is 1.69. The second-order valence-corrected chi connectivity index (χ2v) is 4.08. The van der Waals surface area contributed by atoms with Crippen molar-refractivity contribution < 1.29 is 14.0 Å². The quantitative estimate of drug-likeness (QED) is 0.786. The summed E-state index contributed by atoms with van der Waals surface area (Å²) in [4.78, 5) is 21.8. The largest absolute Gasteiger partial charge is 0.351 e. The second kappa shape index (κ2) is 6.12. The van der Waals surface area contributed by atoms with Gasteiger partial charge in [-0.05, 0) is 12.1 Å². The summed E-state index contributed by atoms with van der Waals surface area (Å²) in [6, 6.07) is 5.42. The van der Waals surface area contributed by atoms with Gasteiger partial charge >= 0.3 is 6.03 Å². The smallest absolute Gasteiger partial charge is 0.318 e. The van der Waals surface area contributed by atoms with Crippen molar-refractivity contribution >= 4 is 23.7 Å². The van der Waals surface area contributed by atoms with Gasteiger partial charge in [0.25, 0.3) is 0 Å². The van der Waals surface area contributed by atoms with E-state index in [1.165, 1.54) is 17.8 Å². The minimum atomic E-state index is -0.874. The molecule has 0 unspecified atom stereocenters. The van der Waals surface area contributed by atoms with E-state index < -0.39 is 11.9 Å². The lowest BCUT2D eigenvalue weighted by molar-refractivity contribution is -0.119. The Morgan fingerprint density at radius 2 is 2.06 bits per heavy atom. The molecule has 86 valence electrons. The first-order valence-electron chi connectivity index (χ1n) is 4.56. The zero-order chi connectivity index (χ0) is 12.0. The molecule has 0 atom stereocenters. The predicted octanol–water partition coefficient (Wildman–Crippen LogP) is 1.50. The van der Waals surface area contributed by atoms with Crippen molar-refractivity contribution in [3.8, 4) is 0 Å². The number of rotatable bonds is 4. The van der Waals surface area contributed by atoms with E-state index in [-0.39, 0.29) is 12.2 Å². The van der Waals surface area contributed by atoms with Gasteiger partial charge in [-0.25, -0.2) is 9.18 Å². The standard InChI is InChI=1S/C10H11FN2O2S/c11-7-3-1-2-4-8(7)16-6-5-9(14)13-10(12)15/h1-4H,5-6H2,(H3,12,13,14,15). The van der Waals surface area contributed by atoms with Crippen molar-refractivity contribution in [1.29, 1.82) is 0 Å². The lowest BCUT2D eigenvalue weighted by Crippen LogP contribution is -2.35. The first-order chi connectivity index (χ1) is 7.59. The molecule has 0 heterocycles. The number of carbonyl (C=O) groups excluding carboxylic acids is 2. The number of carbonyl (C=O) groups is 2. The van der Waals surface area contributed by atoms with Gasteiger partial charge in [0.1, 0.15) is 5.82 Å². The van der Waals surface area contributed by atoms with Crippen molar-refractivity contribution in [3.05, 3.63) is 30.1 Å². The Hall–Kier alpha value is -1.56. The number of benzene rings is 1. The molecule has 0 aliphatic heterocycles. The average Bonchev–Trinajstić information content (AvgIpc) is 2.19. The summed E-state index contributed by atoms with van der Waals surface area (Å²) < 4.78 is 13.1. The lowest BCUT2D eigenvalue weighted by atomic mass is 10.3. The Morgan fingerprint density at radius 3 is 2.69 bits per heavy atom. The van der Waals surface area contributed by atoms with Crippen LogP contribution in [0, 0.1) is 5.82 Å². The molecule has 0 bridgehead atoms. The van der Waals surface area contributed by atoms with E-state index in [9.17, 15) is 14.0 Å². The minimum Gasteiger partial charge on any atom is -0.351 e. The third-order valence-corrected chi connectivity index (χ3v) is 2.74. The fourth-order valence-corrected chi connectivity index (χ4v) is 1.90. The number of thioether (sulfide) groups is 1. The maximum Gasteiger partial charge on any atom is 0.318 e. The van der Waals surface area contributed by atoms with Crippen LogP contribution < -0.4 is 11.1 Å². The predicted molar refractivity (Wildman–Crippen MR) is 59.5 cm³/mol. The van der Waals surface area contributed by atoms with Crippen LogP contribution in [0.2, 0.25) is 0 Å². The molecule has 0 radical (unpaired) electrons. The number of urea groups is 1. The van der Waals surface area contributed by atoms with Gasteiger partial charge in [-0.3, -0.25) is 10.1 Å². The maximum absolute atomic E-state index is 13.1. The molecule has 1 aromatic carbocycles. The number of halogens is 1. The molecule has 0 fully saturated rings. The molecule has 6 heteroatoms. The molecule has 3 amide bonds. The molecule has 0 saturated heterocycles. The minimum absolute atomic E-state index is 0.113. The second-order valence-electron chi connectivity index (χ2n) is 2.94. The van der Waals surface area contributed by atoms with E-state index in [0.29, 0.717) is 10.6 Å². The highest BCUT2D eigenvalue weighted by molar-refractivity contribution is 7.99. The van der Waals surface area contributed by atoms with Gasteiger partial charge < -0.3 is 5.73 Å². The topological polar surface area (TPSA) is 72.2 Å². The monoisotopic (exact) mass is 242 g/mol. The molecule has 3 N–H and O–H groups in total. The first kappa shape index (κ1) is 12.5. The summed E-state index contributed by atoms with van der Waals surface area (Å²) in [5.41, 5.74) is 4.76. The van der Waals surface area contributed by atoms with Crippen molar-refractivity contribution in [2.75, 3.05) is 5.75 Å². The van der Waals surface area contributed by atoms with Crippen LogP contribution >= 0.6 is 11.8 Å². The Labute approximate surface area is 96.4 Å². The van der Waals surface area contributed by atoms with E-state index in [1.54, 1.807) is 18.2 Å². The van der Waals surface area contributed by atoms with Gasteiger partial charge in [0.2, 0.25) is 5.91 Å². The fraction of sp³-hybridized carbons (Fsp3) is 0.200. The Balaban J connectivity index is 2.33. The molecular formula is C10H11FN2O2S. The first-order valence-corrected chi connectivity index (χ1v) is 5.55. The zero-order valence-corrected chi connectivity index (χ0v) is 9.22. The summed E-state index contributed by atoms with van der Waals surface area (Å²) in [7, 11) is 0. The normalized spacial score (nSPS) is 9.81. The number of nitrogens with two attached hydrogens (primary N) is 1. The van der Waals surface area contributed by atoms with E-state index in [4.69, 9.17) is 5.73 Å². The van der Waals surface area contributed by atoms with E-state index in [2.05, 4.69) is 0 Å². The molecule has 0 spiro atoms. The van der Waals surface area contributed by atoms with Crippen molar-refractivity contribution in [2.24, 2.45) is 5.73 Å². The van der Waals surface area contributed by atoms with Crippen LogP contribution in [0.15, 0.2) is 29.2 Å². The molecular weight excluding hydrogens is 231 g/mol. The summed E-state index contributed by atoms with van der Waals surface area (Å²) in [5.74, 6) is -0.390. The number of nitrogens with one attached hydrogen (secondary N) is 1. The molecule has 1 rings (SSSR count). The van der Waals surface area contributed by atoms with Crippen molar-refractivity contribution in [1.82, 2.24) is 5.32 Å². The molecule has 0 saturated carbocycles. The number of hydrogen-bond acceptors (Lipinski definition) is 3. The molecule has 0 aliphatic carbocycles. The highest BCUT2D eigenvalue weighted by Gasteiger charge is 2.05. The lowest BCUT2D eigenvalue weighted by Gasteiger charge is -2.02. The summed E-state index contributed by atoms with van der Waals surface area (Å²) in [5, 5.41) is 1.94. The highest BCUT2D eigenvalue weighted by atomic mass is 32.2. The van der Waals surface area contributed by atoms with E-state index in [1.807, 2.05) is 5.32 Å². The summed E-state index contributed by atoms with van der Waals surface area (Å²) in [6.45, 7) is 0. The zero-order valence-electron chi connectivity index (χ0n) is 8.40. The van der Waals surface area contributed by atoms with Gasteiger partial charge in [0.15, 0.2) is 0 Å². The van der Waals surface area contributed by atoms with Crippen LogP contribution in [-0.4, -0.2) is 17.7 Å². The SMILES string of the molecule is NC(=O)NC(=O)CCSc1ccccc1F. The summed E-state index contributed by atoms with van der Waals surface area (Å²) >= 11 is 1.21. The Kier molecular flexibility index (Phi) is 4.78. The van der Waals surface area contributed by atoms with Crippen molar-refractivity contribution in [3.63, 3.8) is 0 Å². The Morgan fingerprint density at radius 1 is 1.38 bits per heavy atom. The molecule has 0 aliphatic rings. The van der Waals surface area contributed by atoms with Gasteiger partial charge in [0.05, 0.1) is 0 Å². The van der Waals surface area contributed by atoms with E-state index in [0.717, 1.165) is 0 Å². The molecule has 16 heavy (non-hydrogen) atoms. The van der Waals surface area contributed by atoms with Crippen LogP contribution in [-0.2, 0) is 4.79 Å². The molecule has 1 aromatic rings. The van der Waals surface area contributed by atoms with Crippen molar-refractivity contribution in [2.45, 2.75) is 11.3 Å². The maximum atomic E-state index is 13.1. The van der Waals surface area contributed by atoms with Crippen LogP contribution in [0.3, 0.4) is 0 Å². The van der Waals surface area contributed by atoms with Crippen LogP contribution in [0.5, 0.6) is 0 Å². The number of imide groups is 1. The van der Waals surface area contributed by atoms with Gasteiger partial charge in [-0.2, -0.15) is 0 Å². The van der Waals surface area contributed by atoms with Crippen LogP contribution in [0.25, 0.3) is 0 Å². The fourth-order valence-electron chi connectivity index (χ4n) is 1.02. The summed E-state index contributed by atoms with van der Waals surface area (Å²) in [6.07, 6.45) is 0.113.